The fraction of sp³-hybridized carbons (Fsp3) is 0.923. The van der Waals surface area contributed by atoms with E-state index in [0.717, 1.165) is 32.0 Å². The highest BCUT2D eigenvalue weighted by atomic mass is 16.1. The second-order valence-corrected chi connectivity index (χ2v) is 5.85. The maximum Gasteiger partial charge on any atom is 0.220 e. The molecule has 3 aliphatic rings. The lowest BCUT2D eigenvalue weighted by atomic mass is 9.95. The van der Waals surface area contributed by atoms with Gasteiger partial charge in [0.25, 0.3) is 0 Å². The van der Waals surface area contributed by atoms with Crippen LogP contribution in [-0.4, -0.2) is 49.1 Å². The van der Waals surface area contributed by atoms with Gasteiger partial charge in [0.1, 0.15) is 0 Å². The largest absolute Gasteiger partial charge is 0.353 e. The summed E-state index contributed by atoms with van der Waals surface area (Å²) in [5, 5.41) is 6.45. The van der Waals surface area contributed by atoms with Crippen molar-refractivity contribution in [1.82, 2.24) is 15.5 Å². The molecule has 0 saturated carbocycles. The molecule has 3 heterocycles. The van der Waals surface area contributed by atoms with Gasteiger partial charge in [-0.15, -0.1) is 0 Å². The van der Waals surface area contributed by atoms with Crippen LogP contribution in [0.5, 0.6) is 0 Å². The van der Waals surface area contributed by atoms with Gasteiger partial charge in [-0.05, 0) is 51.2 Å². The summed E-state index contributed by atoms with van der Waals surface area (Å²) in [5.74, 6) is 0.856. The van der Waals surface area contributed by atoms with Crippen molar-refractivity contribution in [1.29, 1.82) is 0 Å². The Morgan fingerprint density at radius 3 is 2.94 bits per heavy atom. The van der Waals surface area contributed by atoms with Gasteiger partial charge in [0, 0.05) is 25.0 Å². The van der Waals surface area contributed by atoms with Gasteiger partial charge in [0.2, 0.25) is 5.91 Å². The monoisotopic (exact) mass is 237 g/mol. The average molecular weight is 237 g/mol. The van der Waals surface area contributed by atoms with E-state index in [-0.39, 0.29) is 5.91 Å². The second-order valence-electron chi connectivity index (χ2n) is 5.85. The third kappa shape index (κ3) is 2.63. The van der Waals surface area contributed by atoms with Gasteiger partial charge in [-0.2, -0.15) is 0 Å². The Bertz CT molecular complexity index is 290. The number of carbonyl (C=O) groups excluding carboxylic acids is 1. The summed E-state index contributed by atoms with van der Waals surface area (Å²) >= 11 is 0. The lowest BCUT2D eigenvalue weighted by molar-refractivity contribution is -0.123. The molecule has 1 amide bonds. The van der Waals surface area contributed by atoms with Gasteiger partial charge in [0.15, 0.2) is 0 Å². The number of hydrogen-bond acceptors (Lipinski definition) is 3. The summed E-state index contributed by atoms with van der Waals surface area (Å²) in [6.45, 7) is 4.50. The van der Waals surface area contributed by atoms with E-state index in [1.807, 2.05) is 0 Å². The van der Waals surface area contributed by atoms with E-state index < -0.39 is 0 Å². The summed E-state index contributed by atoms with van der Waals surface area (Å²) in [6.07, 6.45) is 5.72. The number of hydrogen-bond donors (Lipinski definition) is 2. The Hall–Kier alpha value is -0.610. The Labute approximate surface area is 103 Å². The number of nitrogens with zero attached hydrogens (tertiary/aromatic N) is 1. The first-order valence-electron chi connectivity index (χ1n) is 7.05. The third-order valence-electron chi connectivity index (χ3n) is 4.53. The zero-order valence-corrected chi connectivity index (χ0v) is 10.5. The predicted octanol–water partition coefficient (Wildman–Crippen LogP) is 0.339. The molecule has 96 valence electrons. The fourth-order valence-corrected chi connectivity index (χ4v) is 3.40. The van der Waals surface area contributed by atoms with Gasteiger partial charge >= 0.3 is 0 Å². The zero-order valence-electron chi connectivity index (χ0n) is 10.5. The van der Waals surface area contributed by atoms with Crippen molar-refractivity contribution in [3.8, 4) is 0 Å². The minimum atomic E-state index is 0.271. The van der Waals surface area contributed by atoms with E-state index in [0.29, 0.717) is 12.0 Å². The van der Waals surface area contributed by atoms with Crippen molar-refractivity contribution in [2.24, 2.45) is 5.92 Å². The highest BCUT2D eigenvalue weighted by Gasteiger charge is 2.32. The molecule has 17 heavy (non-hydrogen) atoms. The summed E-state index contributed by atoms with van der Waals surface area (Å²) in [5.41, 5.74) is 0. The quantitative estimate of drug-likeness (QED) is 0.744. The van der Waals surface area contributed by atoms with E-state index in [4.69, 9.17) is 0 Å². The first-order chi connectivity index (χ1) is 8.31. The Morgan fingerprint density at radius 2 is 2.18 bits per heavy atom. The van der Waals surface area contributed by atoms with Gasteiger partial charge in [0.05, 0.1) is 0 Å². The van der Waals surface area contributed by atoms with E-state index >= 15 is 0 Å². The molecule has 0 aromatic heterocycles. The number of piperidine rings is 1. The molecule has 2 N–H and O–H groups in total. The standard InChI is InChI=1S/C13H23N3O/c17-13(6-10-8-14-9-10)15-11-3-5-16-4-1-2-12(16)7-11/h10-12,14H,1-9H2,(H,15,17). The molecule has 0 aromatic carbocycles. The molecule has 4 heteroatoms. The van der Waals surface area contributed by atoms with E-state index in [9.17, 15) is 4.79 Å². The SMILES string of the molecule is O=C(CC1CNC1)NC1CCN2CCCC2C1. The molecule has 0 radical (unpaired) electrons. The van der Waals surface area contributed by atoms with Crippen LogP contribution in [0.15, 0.2) is 0 Å². The van der Waals surface area contributed by atoms with Crippen molar-refractivity contribution < 1.29 is 4.79 Å². The number of fused-ring (bicyclic) bond motifs is 1. The number of carbonyl (C=O) groups is 1. The van der Waals surface area contributed by atoms with Crippen LogP contribution in [0.1, 0.15) is 32.1 Å². The Kier molecular flexibility index (Phi) is 3.34. The Morgan fingerprint density at radius 1 is 1.29 bits per heavy atom. The first-order valence-corrected chi connectivity index (χ1v) is 7.05. The minimum Gasteiger partial charge on any atom is -0.353 e. The molecule has 4 nitrogen and oxygen atoms in total. The molecule has 3 saturated heterocycles. The van der Waals surface area contributed by atoms with E-state index in [2.05, 4.69) is 15.5 Å². The molecule has 3 aliphatic heterocycles. The van der Waals surface area contributed by atoms with Crippen LogP contribution in [0, 0.1) is 5.92 Å². The topological polar surface area (TPSA) is 44.4 Å². The minimum absolute atomic E-state index is 0.271. The zero-order chi connectivity index (χ0) is 11.7. The van der Waals surface area contributed by atoms with Crippen LogP contribution in [0.3, 0.4) is 0 Å². The maximum atomic E-state index is 11.9. The molecule has 0 aliphatic carbocycles. The summed E-state index contributed by atoms with van der Waals surface area (Å²) in [7, 11) is 0. The second kappa shape index (κ2) is 4.94. The van der Waals surface area contributed by atoms with Crippen molar-refractivity contribution in [2.45, 2.75) is 44.2 Å². The average Bonchev–Trinajstić information content (AvgIpc) is 2.71. The smallest absolute Gasteiger partial charge is 0.220 e. The van der Waals surface area contributed by atoms with Crippen LogP contribution >= 0.6 is 0 Å². The first kappa shape index (κ1) is 11.5. The van der Waals surface area contributed by atoms with Crippen LogP contribution in [0.4, 0.5) is 0 Å². The number of nitrogens with one attached hydrogen (secondary N) is 2. The normalized spacial score (nSPS) is 34.1. The van der Waals surface area contributed by atoms with Gasteiger partial charge in [-0.3, -0.25) is 4.79 Å². The number of amides is 1. The van der Waals surface area contributed by atoms with Gasteiger partial charge in [-0.25, -0.2) is 0 Å². The van der Waals surface area contributed by atoms with Crippen molar-refractivity contribution >= 4 is 5.91 Å². The molecule has 0 spiro atoms. The van der Waals surface area contributed by atoms with Gasteiger partial charge < -0.3 is 15.5 Å². The van der Waals surface area contributed by atoms with Crippen molar-refractivity contribution in [2.75, 3.05) is 26.2 Å². The maximum absolute atomic E-state index is 11.9. The molecule has 2 atom stereocenters. The summed E-state index contributed by atoms with van der Waals surface area (Å²) in [6, 6.07) is 1.19. The molecule has 2 unspecified atom stereocenters. The predicted molar refractivity (Wildman–Crippen MR) is 66.7 cm³/mol. The Balaban J connectivity index is 1.43. The molecule has 3 fully saturated rings. The lowest BCUT2D eigenvalue weighted by Crippen LogP contribution is -2.49. The van der Waals surface area contributed by atoms with E-state index in [1.54, 1.807) is 0 Å². The van der Waals surface area contributed by atoms with Crippen LogP contribution < -0.4 is 10.6 Å². The molecular formula is C13H23N3O. The number of rotatable bonds is 3. The molecule has 0 aromatic rings. The summed E-state index contributed by atoms with van der Waals surface area (Å²) in [4.78, 5) is 14.4. The van der Waals surface area contributed by atoms with Crippen molar-refractivity contribution in [3.05, 3.63) is 0 Å². The highest BCUT2D eigenvalue weighted by molar-refractivity contribution is 5.76. The van der Waals surface area contributed by atoms with Crippen LogP contribution in [0.25, 0.3) is 0 Å². The van der Waals surface area contributed by atoms with Crippen LogP contribution in [0.2, 0.25) is 0 Å². The van der Waals surface area contributed by atoms with Crippen LogP contribution in [-0.2, 0) is 4.79 Å². The lowest BCUT2D eigenvalue weighted by Gasteiger charge is -2.35. The highest BCUT2D eigenvalue weighted by Crippen LogP contribution is 2.26. The fourth-order valence-electron chi connectivity index (χ4n) is 3.40. The summed E-state index contributed by atoms with van der Waals surface area (Å²) < 4.78 is 0. The molecular weight excluding hydrogens is 214 g/mol. The van der Waals surface area contributed by atoms with Gasteiger partial charge in [-0.1, -0.05) is 0 Å². The third-order valence-corrected chi connectivity index (χ3v) is 4.53. The molecule has 0 bridgehead atoms. The molecule has 3 rings (SSSR count). The van der Waals surface area contributed by atoms with E-state index in [1.165, 1.54) is 32.4 Å². The van der Waals surface area contributed by atoms with Crippen molar-refractivity contribution in [3.63, 3.8) is 0 Å².